The largest absolute Gasteiger partial charge is 0.405 e. The highest BCUT2D eigenvalue weighted by atomic mass is 35.5. The number of alkyl halides is 3. The van der Waals surface area contributed by atoms with E-state index in [1.165, 1.54) is 7.05 Å². The molecule has 0 aromatic heterocycles. The van der Waals surface area contributed by atoms with Crippen LogP contribution in [0.3, 0.4) is 0 Å². The first kappa shape index (κ1) is 18.2. The van der Waals surface area contributed by atoms with E-state index >= 15 is 0 Å². The van der Waals surface area contributed by atoms with Gasteiger partial charge in [0.1, 0.15) is 6.54 Å². The topological polar surface area (TPSA) is 62.6 Å². The number of benzene rings is 1. The molecule has 1 aromatic carbocycles. The number of rotatable bonds is 6. The lowest BCUT2D eigenvalue weighted by molar-refractivity contribution is -0.862. The van der Waals surface area contributed by atoms with Crippen LogP contribution in [0.4, 0.5) is 18.9 Å². The van der Waals surface area contributed by atoms with Crippen molar-refractivity contribution in [3.8, 4) is 0 Å². The lowest BCUT2D eigenvalue weighted by Gasteiger charge is -2.14. The monoisotopic (exact) mass is 338 g/mol. The minimum atomic E-state index is -4.45. The molecule has 3 N–H and O–H groups in total. The van der Waals surface area contributed by atoms with Crippen molar-refractivity contribution in [2.24, 2.45) is 0 Å². The molecule has 1 atom stereocenters. The van der Waals surface area contributed by atoms with E-state index in [1.54, 1.807) is 29.6 Å². The number of carbonyl (C=O) groups is 2. The van der Waals surface area contributed by atoms with Crippen molar-refractivity contribution in [2.45, 2.75) is 6.18 Å². The molecule has 1 aromatic rings. The average Bonchev–Trinajstić information content (AvgIpc) is 2.38. The highest BCUT2D eigenvalue weighted by Gasteiger charge is 2.28. The van der Waals surface area contributed by atoms with E-state index in [2.05, 4.69) is 5.32 Å². The zero-order chi connectivity index (χ0) is 16.8. The Balaban J connectivity index is 2.34. The fourth-order valence-corrected chi connectivity index (χ4v) is 1.74. The van der Waals surface area contributed by atoms with Gasteiger partial charge in [-0.05, 0) is 24.3 Å². The predicted molar refractivity (Wildman–Crippen MR) is 75.8 cm³/mol. The Bertz CT molecular complexity index is 520. The summed E-state index contributed by atoms with van der Waals surface area (Å²) in [5.41, 5.74) is 0.545. The quantitative estimate of drug-likeness (QED) is 0.706. The van der Waals surface area contributed by atoms with Crippen LogP contribution in [-0.4, -0.2) is 44.7 Å². The average molecular weight is 339 g/mol. The highest BCUT2D eigenvalue weighted by Crippen LogP contribution is 2.13. The van der Waals surface area contributed by atoms with Crippen molar-refractivity contribution < 1.29 is 27.7 Å². The second-order valence-electron chi connectivity index (χ2n) is 4.76. The molecule has 0 aliphatic carbocycles. The summed E-state index contributed by atoms with van der Waals surface area (Å²) in [5.74, 6) is -1.13. The molecule has 122 valence electrons. The van der Waals surface area contributed by atoms with Gasteiger partial charge in [0.15, 0.2) is 13.1 Å². The summed E-state index contributed by atoms with van der Waals surface area (Å²) in [7, 11) is 1.54. The molecule has 22 heavy (non-hydrogen) atoms. The zero-order valence-corrected chi connectivity index (χ0v) is 12.5. The maximum atomic E-state index is 11.9. The molecule has 5 nitrogen and oxygen atoms in total. The van der Waals surface area contributed by atoms with Crippen molar-refractivity contribution >= 4 is 29.1 Å². The van der Waals surface area contributed by atoms with E-state index in [-0.39, 0.29) is 19.0 Å². The summed E-state index contributed by atoms with van der Waals surface area (Å²) in [6.45, 7) is -1.66. The molecule has 0 spiro atoms. The van der Waals surface area contributed by atoms with Crippen LogP contribution in [0.15, 0.2) is 24.3 Å². The molecule has 0 heterocycles. The van der Waals surface area contributed by atoms with Crippen LogP contribution >= 0.6 is 11.6 Å². The van der Waals surface area contributed by atoms with Crippen molar-refractivity contribution in [2.75, 3.05) is 32.0 Å². The molecule has 0 radical (unpaired) electrons. The summed E-state index contributed by atoms with van der Waals surface area (Å²) in [6.07, 6.45) is -4.45. The molecule has 0 saturated heterocycles. The van der Waals surface area contributed by atoms with Crippen LogP contribution in [-0.2, 0) is 9.59 Å². The summed E-state index contributed by atoms with van der Waals surface area (Å²) in [4.78, 5) is 23.5. The summed E-state index contributed by atoms with van der Waals surface area (Å²) < 4.78 is 35.8. The van der Waals surface area contributed by atoms with Crippen molar-refractivity contribution in [1.82, 2.24) is 5.32 Å². The van der Waals surface area contributed by atoms with Gasteiger partial charge in [-0.1, -0.05) is 11.6 Å². The van der Waals surface area contributed by atoms with E-state index < -0.39 is 18.6 Å². The Morgan fingerprint density at radius 2 is 1.68 bits per heavy atom. The van der Waals surface area contributed by atoms with Crippen LogP contribution in [0.25, 0.3) is 0 Å². The Morgan fingerprint density at radius 3 is 2.23 bits per heavy atom. The highest BCUT2D eigenvalue weighted by molar-refractivity contribution is 6.30. The molecule has 9 heteroatoms. The van der Waals surface area contributed by atoms with Crippen LogP contribution in [0.1, 0.15) is 0 Å². The van der Waals surface area contributed by atoms with Crippen LogP contribution in [0.5, 0.6) is 0 Å². The third kappa shape index (κ3) is 7.84. The number of hydrogen-bond donors (Lipinski definition) is 3. The number of quaternary nitrogens is 1. The number of likely N-dealkylation sites (N-methyl/N-ethyl adjacent to an activating group) is 1. The van der Waals surface area contributed by atoms with E-state index in [0.29, 0.717) is 15.6 Å². The molecule has 0 saturated carbocycles. The smallest absolute Gasteiger partial charge is 0.342 e. The maximum absolute atomic E-state index is 11.9. The normalized spacial score (nSPS) is 12.6. The lowest BCUT2D eigenvalue weighted by atomic mass is 10.3. The minimum absolute atomic E-state index is 0.0535. The Morgan fingerprint density at radius 1 is 1.14 bits per heavy atom. The third-order valence-corrected chi connectivity index (χ3v) is 2.79. The SMILES string of the molecule is C[NH+](CC(=O)NCC(F)(F)F)CC(=O)Nc1ccc(Cl)cc1. The number of carbonyl (C=O) groups excluding carboxylic acids is 2. The third-order valence-electron chi connectivity index (χ3n) is 2.54. The number of hydrogen-bond acceptors (Lipinski definition) is 2. The Hall–Kier alpha value is -1.80. The standard InChI is InChI=1S/C13H15ClF3N3O2/c1-20(6-11(21)18-8-13(15,16)17)7-12(22)19-10-4-2-9(14)3-5-10/h2-5H,6-8H2,1H3,(H,18,21)(H,19,22)/p+1. The summed E-state index contributed by atoms with van der Waals surface area (Å²) in [5, 5.41) is 4.88. The van der Waals surface area contributed by atoms with E-state index in [0.717, 1.165) is 0 Å². The molecular formula is C13H16ClF3N3O2+. The molecular weight excluding hydrogens is 323 g/mol. The van der Waals surface area contributed by atoms with Crippen molar-refractivity contribution in [3.63, 3.8) is 0 Å². The maximum Gasteiger partial charge on any atom is 0.405 e. The number of halogens is 4. The number of anilines is 1. The molecule has 0 aliphatic rings. The van der Waals surface area contributed by atoms with Crippen LogP contribution in [0, 0.1) is 0 Å². The Kier molecular flexibility index (Phi) is 6.63. The second kappa shape index (κ2) is 8.00. The van der Waals surface area contributed by atoms with Crippen molar-refractivity contribution in [1.29, 1.82) is 0 Å². The lowest BCUT2D eigenvalue weighted by Crippen LogP contribution is -3.11. The van der Waals surface area contributed by atoms with Gasteiger partial charge >= 0.3 is 6.18 Å². The van der Waals surface area contributed by atoms with Gasteiger partial charge in [-0.25, -0.2) is 0 Å². The first-order valence-corrected chi connectivity index (χ1v) is 6.73. The van der Waals surface area contributed by atoms with Gasteiger partial charge in [0.05, 0.1) is 7.05 Å². The summed E-state index contributed by atoms with van der Waals surface area (Å²) in [6, 6.07) is 6.45. The van der Waals surface area contributed by atoms with E-state index in [1.807, 2.05) is 0 Å². The number of amides is 2. The molecule has 0 aliphatic heterocycles. The van der Waals surface area contributed by atoms with Crippen LogP contribution in [0.2, 0.25) is 5.02 Å². The first-order chi connectivity index (χ1) is 10.2. The van der Waals surface area contributed by atoms with Gasteiger partial charge in [-0.15, -0.1) is 0 Å². The molecule has 0 fully saturated rings. The zero-order valence-electron chi connectivity index (χ0n) is 11.8. The van der Waals surface area contributed by atoms with E-state index in [4.69, 9.17) is 11.6 Å². The van der Waals surface area contributed by atoms with Crippen LogP contribution < -0.4 is 15.5 Å². The molecule has 1 rings (SSSR count). The second-order valence-corrected chi connectivity index (χ2v) is 5.19. The first-order valence-electron chi connectivity index (χ1n) is 6.36. The minimum Gasteiger partial charge on any atom is -0.342 e. The van der Waals surface area contributed by atoms with Crippen molar-refractivity contribution in [3.05, 3.63) is 29.3 Å². The fraction of sp³-hybridized carbons (Fsp3) is 0.385. The van der Waals surface area contributed by atoms with E-state index in [9.17, 15) is 22.8 Å². The predicted octanol–water partition coefficient (Wildman–Crippen LogP) is 0.472. The molecule has 0 bridgehead atoms. The van der Waals surface area contributed by atoms with Gasteiger partial charge in [0.2, 0.25) is 0 Å². The molecule has 2 amide bonds. The van der Waals surface area contributed by atoms with Gasteiger partial charge in [-0.3, -0.25) is 9.59 Å². The van der Waals surface area contributed by atoms with Gasteiger partial charge in [0, 0.05) is 10.7 Å². The summed E-state index contributed by atoms with van der Waals surface area (Å²) >= 11 is 5.71. The molecule has 1 unspecified atom stereocenters. The van der Waals surface area contributed by atoms with Gasteiger partial charge in [-0.2, -0.15) is 13.2 Å². The number of nitrogens with one attached hydrogen (secondary N) is 3. The fourth-order valence-electron chi connectivity index (χ4n) is 1.61. The Labute approximate surface area is 130 Å². The van der Waals surface area contributed by atoms with Gasteiger partial charge in [0.25, 0.3) is 11.8 Å². The van der Waals surface area contributed by atoms with Gasteiger partial charge < -0.3 is 15.5 Å².